The summed E-state index contributed by atoms with van der Waals surface area (Å²) >= 11 is 0. The van der Waals surface area contributed by atoms with Crippen molar-refractivity contribution in [3.8, 4) is 0 Å². The minimum Gasteiger partial charge on any atom is -0.264 e. The molecule has 0 unspecified atom stereocenters. The third kappa shape index (κ3) is 1.53. The maximum Gasteiger partial charge on any atom is 0.244 e. The Hall–Kier alpha value is -1.00. The van der Waals surface area contributed by atoms with Crippen LogP contribution in [-0.2, 0) is 0 Å². The molecule has 0 aromatic carbocycles. The Balaban J connectivity index is 4.81. The second-order valence-corrected chi connectivity index (χ2v) is 3.47. The van der Waals surface area contributed by atoms with Crippen molar-refractivity contribution in [2.75, 3.05) is 0 Å². The van der Waals surface area contributed by atoms with E-state index in [2.05, 4.69) is 5.18 Å². The minimum absolute atomic E-state index is 0.492. The third-order valence-electron chi connectivity index (χ3n) is 2.18. The van der Waals surface area contributed by atoms with Gasteiger partial charge in [-0.1, -0.05) is 5.18 Å². The highest BCUT2D eigenvalue weighted by atomic mass is 16.6. The highest BCUT2D eigenvalue weighted by Gasteiger charge is 2.49. The number of rotatable bonds is 3. The molecule has 0 amide bonds. The molecule has 0 saturated heterocycles. The molecule has 0 aromatic heterocycles. The maximum atomic E-state index is 10.4. The van der Waals surface area contributed by atoms with Gasteiger partial charge in [0.25, 0.3) is 0 Å². The lowest BCUT2D eigenvalue weighted by molar-refractivity contribution is -0.571. The normalized spacial score (nSPS) is 12.7. The van der Waals surface area contributed by atoms with Crippen LogP contribution in [0.3, 0.4) is 0 Å². The molecule has 5 nitrogen and oxygen atoms in total. The predicted octanol–water partition coefficient (Wildman–Crippen LogP) is 1.59. The molecule has 0 N–H and O–H groups in total. The molecule has 0 fully saturated rings. The summed E-state index contributed by atoms with van der Waals surface area (Å²) in [7, 11) is 0. The molecule has 11 heavy (non-hydrogen) atoms. The van der Waals surface area contributed by atoms with Crippen LogP contribution in [0.4, 0.5) is 0 Å². The van der Waals surface area contributed by atoms with Crippen molar-refractivity contribution in [1.29, 1.82) is 0 Å². The van der Waals surface area contributed by atoms with Gasteiger partial charge in [0, 0.05) is 18.8 Å². The van der Waals surface area contributed by atoms with Crippen LogP contribution in [0.25, 0.3) is 0 Å². The maximum absolute atomic E-state index is 10.4. The zero-order valence-electron chi connectivity index (χ0n) is 7.12. The summed E-state index contributed by atoms with van der Waals surface area (Å²) in [5, 5.41) is 13.2. The number of nitrogens with zero attached hydrogens (tertiary/aromatic N) is 2. The molecule has 0 radical (unpaired) electrons. The van der Waals surface area contributed by atoms with E-state index >= 15 is 0 Å². The summed E-state index contributed by atoms with van der Waals surface area (Å²) in [6, 6.07) is 0. The molecule has 0 heterocycles. The number of hydrogen-bond acceptors (Lipinski definition) is 4. The average molecular weight is 160 g/mol. The summed E-state index contributed by atoms with van der Waals surface area (Å²) in [5.74, 6) is 0. The van der Waals surface area contributed by atoms with Gasteiger partial charge in [-0.3, -0.25) is 10.1 Å². The average Bonchev–Trinajstić information content (AvgIpc) is 1.87. The first-order chi connectivity index (χ1) is 4.75. The molecule has 64 valence electrons. The Labute approximate surface area is 64.9 Å². The van der Waals surface area contributed by atoms with E-state index in [4.69, 9.17) is 0 Å². The predicted molar refractivity (Wildman–Crippen MR) is 40.9 cm³/mol. The van der Waals surface area contributed by atoms with Crippen molar-refractivity contribution in [3.05, 3.63) is 15.0 Å². The first kappa shape index (κ1) is 10.0. The quantitative estimate of drug-likeness (QED) is 0.357. The van der Waals surface area contributed by atoms with E-state index in [1.165, 1.54) is 27.7 Å². The molecular weight excluding hydrogens is 148 g/mol. The van der Waals surface area contributed by atoms with Gasteiger partial charge in [0.2, 0.25) is 5.54 Å². The van der Waals surface area contributed by atoms with E-state index in [9.17, 15) is 15.0 Å². The van der Waals surface area contributed by atoms with Crippen LogP contribution >= 0.6 is 0 Å². The van der Waals surface area contributed by atoms with Crippen molar-refractivity contribution >= 4 is 0 Å². The van der Waals surface area contributed by atoms with Crippen molar-refractivity contribution in [2.45, 2.75) is 38.8 Å². The number of nitro groups is 1. The Morgan fingerprint density at radius 2 is 1.64 bits per heavy atom. The molecule has 0 aliphatic heterocycles. The summed E-state index contributed by atoms with van der Waals surface area (Å²) < 4.78 is 0. The van der Waals surface area contributed by atoms with Gasteiger partial charge in [0.1, 0.15) is 0 Å². The van der Waals surface area contributed by atoms with Crippen LogP contribution in [0.1, 0.15) is 27.7 Å². The monoisotopic (exact) mass is 160 g/mol. The number of hydrogen-bond donors (Lipinski definition) is 0. The minimum atomic E-state index is -1.31. The first-order valence-corrected chi connectivity index (χ1v) is 3.24. The van der Waals surface area contributed by atoms with Crippen molar-refractivity contribution in [3.63, 3.8) is 0 Å². The molecular formula is C6H12N2O3. The van der Waals surface area contributed by atoms with Crippen LogP contribution in [0.15, 0.2) is 5.18 Å². The van der Waals surface area contributed by atoms with Crippen molar-refractivity contribution in [2.24, 2.45) is 5.18 Å². The van der Waals surface area contributed by atoms with E-state index in [-0.39, 0.29) is 0 Å². The van der Waals surface area contributed by atoms with Crippen LogP contribution in [0.5, 0.6) is 0 Å². The molecule has 0 atom stereocenters. The zero-order chi connectivity index (χ0) is 9.28. The highest BCUT2D eigenvalue weighted by Crippen LogP contribution is 2.27. The molecule has 0 rings (SSSR count). The fourth-order valence-corrected chi connectivity index (χ4v) is 0.335. The van der Waals surface area contributed by atoms with Crippen LogP contribution < -0.4 is 0 Å². The van der Waals surface area contributed by atoms with Gasteiger partial charge in [-0.25, -0.2) is 0 Å². The standard InChI is InChI=1S/C6H12N2O3/c1-5(2,7-9)6(3,4)8(10)11/h1-4H3. The van der Waals surface area contributed by atoms with Crippen LogP contribution in [-0.4, -0.2) is 16.0 Å². The van der Waals surface area contributed by atoms with Gasteiger partial charge in [-0.2, -0.15) is 0 Å². The molecule has 0 saturated carbocycles. The lowest BCUT2D eigenvalue weighted by Crippen LogP contribution is -2.49. The van der Waals surface area contributed by atoms with E-state index in [1.54, 1.807) is 0 Å². The van der Waals surface area contributed by atoms with Gasteiger partial charge < -0.3 is 0 Å². The largest absolute Gasteiger partial charge is 0.264 e. The number of nitroso groups, excluding NO2 is 1. The third-order valence-corrected chi connectivity index (χ3v) is 2.18. The fourth-order valence-electron chi connectivity index (χ4n) is 0.335. The smallest absolute Gasteiger partial charge is 0.244 e. The van der Waals surface area contributed by atoms with E-state index in [0.717, 1.165) is 0 Å². The molecule has 0 aliphatic carbocycles. The van der Waals surface area contributed by atoms with E-state index < -0.39 is 16.0 Å². The van der Waals surface area contributed by atoms with Gasteiger partial charge in [-0.05, 0) is 13.8 Å². The van der Waals surface area contributed by atoms with Crippen LogP contribution in [0.2, 0.25) is 0 Å². The Morgan fingerprint density at radius 3 is 1.73 bits per heavy atom. The molecule has 0 aliphatic rings. The lowest BCUT2D eigenvalue weighted by Gasteiger charge is -2.26. The van der Waals surface area contributed by atoms with E-state index in [1.807, 2.05) is 0 Å². The molecule has 0 bridgehead atoms. The van der Waals surface area contributed by atoms with Gasteiger partial charge in [0.05, 0.1) is 0 Å². The molecule has 0 spiro atoms. The summed E-state index contributed by atoms with van der Waals surface area (Å²) in [6.07, 6.45) is 0. The molecule has 0 aromatic rings. The highest BCUT2D eigenvalue weighted by molar-refractivity contribution is 4.93. The van der Waals surface area contributed by atoms with Crippen molar-refractivity contribution in [1.82, 2.24) is 0 Å². The van der Waals surface area contributed by atoms with Gasteiger partial charge in [-0.15, -0.1) is 4.91 Å². The van der Waals surface area contributed by atoms with E-state index in [0.29, 0.717) is 0 Å². The summed E-state index contributed by atoms with van der Waals surface area (Å²) in [4.78, 5) is 20.2. The summed E-state index contributed by atoms with van der Waals surface area (Å²) in [5.41, 5.74) is -2.48. The van der Waals surface area contributed by atoms with Crippen LogP contribution in [0, 0.1) is 15.0 Å². The Bertz CT molecular complexity index is 186. The first-order valence-electron chi connectivity index (χ1n) is 3.24. The second-order valence-electron chi connectivity index (χ2n) is 3.47. The van der Waals surface area contributed by atoms with Gasteiger partial charge in [0.15, 0.2) is 5.54 Å². The lowest BCUT2D eigenvalue weighted by atomic mass is 9.84. The SMILES string of the molecule is CC(C)(N=O)C(C)(C)[N+](=O)[O-]. The Morgan fingerprint density at radius 1 is 1.27 bits per heavy atom. The second kappa shape index (κ2) is 2.56. The molecule has 5 heteroatoms. The summed E-state index contributed by atoms with van der Waals surface area (Å²) in [6.45, 7) is 5.66. The Kier molecular flexibility index (Phi) is 2.33. The zero-order valence-corrected chi connectivity index (χ0v) is 7.12. The van der Waals surface area contributed by atoms with Crippen molar-refractivity contribution < 1.29 is 4.92 Å². The topological polar surface area (TPSA) is 72.6 Å². The van der Waals surface area contributed by atoms with Gasteiger partial charge >= 0.3 is 0 Å². The fraction of sp³-hybridized carbons (Fsp3) is 1.00.